The summed E-state index contributed by atoms with van der Waals surface area (Å²) in [6.07, 6.45) is 4.65. The second kappa shape index (κ2) is 8.65. The number of hydrogen-bond donors (Lipinski definition) is 1. The molecule has 1 fully saturated rings. The zero-order valence-corrected chi connectivity index (χ0v) is 15.5. The molecule has 1 saturated carbocycles. The maximum absolute atomic E-state index is 13.2. The molecule has 142 valence electrons. The molecule has 0 radical (unpaired) electrons. The first-order chi connectivity index (χ1) is 12.5. The molecule has 3 rings (SSSR count). The Bertz CT molecular complexity index is 641. The van der Waals surface area contributed by atoms with Gasteiger partial charge in [-0.2, -0.15) is 0 Å². The van der Waals surface area contributed by atoms with Crippen molar-refractivity contribution in [3.63, 3.8) is 0 Å². The van der Waals surface area contributed by atoms with Crippen molar-refractivity contribution in [2.45, 2.75) is 70.5 Å². The Morgan fingerprint density at radius 3 is 2.73 bits per heavy atom. The van der Waals surface area contributed by atoms with Crippen molar-refractivity contribution in [3.05, 3.63) is 29.8 Å². The molecule has 2 amide bonds. The van der Waals surface area contributed by atoms with Crippen LogP contribution in [0.15, 0.2) is 24.3 Å². The summed E-state index contributed by atoms with van der Waals surface area (Å²) < 4.78 is 13.2. The smallest absolute Gasteiger partial charge is 0.227 e. The van der Waals surface area contributed by atoms with E-state index < -0.39 is 6.17 Å². The van der Waals surface area contributed by atoms with Crippen molar-refractivity contribution in [1.82, 2.24) is 5.32 Å². The summed E-state index contributed by atoms with van der Waals surface area (Å²) in [5.41, 5.74) is 2.19. The van der Waals surface area contributed by atoms with Crippen molar-refractivity contribution in [2.24, 2.45) is 5.92 Å². The van der Waals surface area contributed by atoms with E-state index in [-0.39, 0.29) is 17.9 Å². The third-order valence-corrected chi connectivity index (χ3v) is 5.77. The van der Waals surface area contributed by atoms with Crippen LogP contribution in [0.4, 0.5) is 10.1 Å². The van der Waals surface area contributed by atoms with Crippen LogP contribution in [0.1, 0.15) is 57.4 Å². The minimum atomic E-state index is -0.667. The molecule has 26 heavy (non-hydrogen) atoms. The Morgan fingerprint density at radius 1 is 1.23 bits per heavy atom. The molecular formula is C21H29FN2O2. The predicted octanol–water partition coefficient (Wildman–Crippen LogP) is 3.78. The van der Waals surface area contributed by atoms with Crippen LogP contribution in [0.25, 0.3) is 0 Å². The molecule has 1 atom stereocenters. The van der Waals surface area contributed by atoms with E-state index in [0.29, 0.717) is 44.6 Å². The second-order valence-electron chi connectivity index (χ2n) is 7.65. The minimum absolute atomic E-state index is 0.0256. The fourth-order valence-electron chi connectivity index (χ4n) is 4.16. The highest BCUT2D eigenvalue weighted by Gasteiger charge is 2.26. The summed E-state index contributed by atoms with van der Waals surface area (Å²) in [7, 11) is 0. The molecule has 5 heteroatoms. The largest absolute Gasteiger partial charge is 0.353 e. The molecule has 4 nitrogen and oxygen atoms in total. The van der Waals surface area contributed by atoms with Crippen LogP contribution in [-0.2, 0) is 16.0 Å². The minimum Gasteiger partial charge on any atom is -0.353 e. The lowest BCUT2D eigenvalue weighted by molar-refractivity contribution is -0.122. The van der Waals surface area contributed by atoms with Crippen LogP contribution in [0.2, 0.25) is 0 Å². The third-order valence-electron chi connectivity index (χ3n) is 5.77. The molecule has 1 aromatic carbocycles. The van der Waals surface area contributed by atoms with Gasteiger partial charge in [-0.1, -0.05) is 18.2 Å². The molecule has 1 unspecified atom stereocenters. The number of fused-ring (bicyclic) bond motifs is 1. The van der Waals surface area contributed by atoms with Gasteiger partial charge in [0.1, 0.15) is 6.17 Å². The predicted molar refractivity (Wildman–Crippen MR) is 101 cm³/mol. The van der Waals surface area contributed by atoms with Gasteiger partial charge in [0.05, 0.1) is 0 Å². The molecular weight excluding hydrogens is 331 g/mol. The number of para-hydroxylation sites is 1. The Balaban J connectivity index is 1.44. The maximum Gasteiger partial charge on any atom is 0.227 e. The fourth-order valence-corrected chi connectivity index (χ4v) is 4.16. The number of benzene rings is 1. The molecule has 0 saturated heterocycles. The van der Waals surface area contributed by atoms with E-state index in [2.05, 4.69) is 11.4 Å². The van der Waals surface area contributed by atoms with Gasteiger partial charge in [-0.15, -0.1) is 0 Å². The summed E-state index contributed by atoms with van der Waals surface area (Å²) in [4.78, 5) is 26.3. The average Bonchev–Trinajstić information content (AvgIpc) is 2.64. The number of amides is 2. The number of alkyl halides is 1. The van der Waals surface area contributed by atoms with Gasteiger partial charge in [0.15, 0.2) is 0 Å². The first-order valence-corrected chi connectivity index (χ1v) is 9.86. The van der Waals surface area contributed by atoms with Crippen molar-refractivity contribution in [2.75, 3.05) is 11.4 Å². The molecule has 2 aliphatic rings. The number of carbonyl (C=O) groups is 2. The van der Waals surface area contributed by atoms with Gasteiger partial charge in [-0.05, 0) is 63.0 Å². The van der Waals surface area contributed by atoms with E-state index in [1.165, 1.54) is 5.56 Å². The number of nitrogens with zero attached hydrogens (tertiary/aromatic N) is 1. The number of aryl methyl sites for hydroxylation is 1. The summed E-state index contributed by atoms with van der Waals surface area (Å²) in [5.74, 6) is 0.541. The Morgan fingerprint density at radius 2 is 1.96 bits per heavy atom. The van der Waals surface area contributed by atoms with Crippen LogP contribution in [0, 0.1) is 5.92 Å². The SMILES string of the molecule is CC(NC(=O)CCCN1C(=O)CCc2ccccc21)C1CCC(F)CC1. The molecule has 1 N–H and O–H groups in total. The topological polar surface area (TPSA) is 49.4 Å². The van der Waals surface area contributed by atoms with Gasteiger partial charge in [0.2, 0.25) is 11.8 Å². The number of anilines is 1. The monoisotopic (exact) mass is 360 g/mol. The summed E-state index contributed by atoms with van der Waals surface area (Å²) in [6.45, 7) is 2.59. The highest BCUT2D eigenvalue weighted by atomic mass is 19.1. The van der Waals surface area contributed by atoms with E-state index >= 15 is 0 Å². The molecule has 0 bridgehead atoms. The first-order valence-electron chi connectivity index (χ1n) is 9.86. The molecule has 1 aliphatic heterocycles. The molecule has 1 aliphatic carbocycles. The van der Waals surface area contributed by atoms with Crippen molar-refractivity contribution < 1.29 is 14.0 Å². The highest BCUT2D eigenvalue weighted by molar-refractivity contribution is 5.96. The van der Waals surface area contributed by atoms with Crippen LogP contribution in [-0.4, -0.2) is 30.6 Å². The zero-order chi connectivity index (χ0) is 18.5. The van der Waals surface area contributed by atoms with E-state index in [1.807, 2.05) is 30.0 Å². The van der Waals surface area contributed by atoms with Gasteiger partial charge in [0, 0.05) is 31.1 Å². The van der Waals surface area contributed by atoms with Gasteiger partial charge in [-0.3, -0.25) is 9.59 Å². The molecule has 1 aromatic rings. The maximum atomic E-state index is 13.2. The second-order valence-corrected chi connectivity index (χ2v) is 7.65. The van der Waals surface area contributed by atoms with E-state index in [1.54, 1.807) is 0 Å². The van der Waals surface area contributed by atoms with Gasteiger partial charge >= 0.3 is 0 Å². The Labute approximate surface area is 155 Å². The lowest BCUT2D eigenvalue weighted by atomic mass is 9.83. The number of nitrogens with one attached hydrogen (secondary N) is 1. The fraction of sp³-hybridized carbons (Fsp3) is 0.619. The van der Waals surface area contributed by atoms with Crippen molar-refractivity contribution >= 4 is 17.5 Å². The van der Waals surface area contributed by atoms with Gasteiger partial charge < -0.3 is 10.2 Å². The summed E-state index contributed by atoms with van der Waals surface area (Å²) >= 11 is 0. The van der Waals surface area contributed by atoms with Gasteiger partial charge in [-0.25, -0.2) is 4.39 Å². The van der Waals surface area contributed by atoms with Crippen molar-refractivity contribution in [1.29, 1.82) is 0 Å². The van der Waals surface area contributed by atoms with E-state index in [0.717, 1.165) is 24.9 Å². The lowest BCUT2D eigenvalue weighted by Gasteiger charge is -2.30. The van der Waals surface area contributed by atoms with Crippen LogP contribution in [0.3, 0.4) is 0 Å². The lowest BCUT2D eigenvalue weighted by Crippen LogP contribution is -2.40. The highest BCUT2D eigenvalue weighted by Crippen LogP contribution is 2.29. The molecule has 0 spiro atoms. The summed E-state index contributed by atoms with van der Waals surface area (Å²) in [5, 5.41) is 3.07. The Hall–Kier alpha value is -1.91. The third kappa shape index (κ3) is 4.63. The zero-order valence-electron chi connectivity index (χ0n) is 15.5. The average molecular weight is 360 g/mol. The number of hydrogen-bond acceptors (Lipinski definition) is 2. The molecule has 0 aromatic heterocycles. The number of carbonyl (C=O) groups excluding carboxylic acids is 2. The quantitative estimate of drug-likeness (QED) is 0.839. The normalized spacial score (nSPS) is 24.1. The first kappa shape index (κ1) is 18.9. The van der Waals surface area contributed by atoms with Crippen LogP contribution in [0.5, 0.6) is 0 Å². The number of rotatable bonds is 6. The summed E-state index contributed by atoms with van der Waals surface area (Å²) in [6, 6.07) is 8.08. The Kier molecular flexibility index (Phi) is 6.28. The van der Waals surface area contributed by atoms with Gasteiger partial charge in [0.25, 0.3) is 0 Å². The molecule has 1 heterocycles. The van der Waals surface area contributed by atoms with Crippen LogP contribution >= 0.6 is 0 Å². The standard InChI is InChI=1S/C21H29FN2O2/c1-15(16-8-11-18(22)12-9-16)23-20(25)7-4-14-24-19-6-3-2-5-17(19)10-13-21(24)26/h2-3,5-6,15-16,18H,4,7-14H2,1H3,(H,23,25). The van der Waals surface area contributed by atoms with E-state index in [9.17, 15) is 14.0 Å². The van der Waals surface area contributed by atoms with Crippen LogP contribution < -0.4 is 10.2 Å². The van der Waals surface area contributed by atoms with E-state index in [4.69, 9.17) is 0 Å². The van der Waals surface area contributed by atoms with Crippen molar-refractivity contribution in [3.8, 4) is 0 Å². The number of halogens is 1.